The first-order chi connectivity index (χ1) is 13.1. The van der Waals surface area contributed by atoms with Crippen molar-refractivity contribution < 1.29 is 14.2 Å². The fraction of sp³-hybridized carbons (Fsp3) is 0.750. The standard InChI is InChI=1S/C24H42O3S/c1-9-27-24(6,7)15-10-11-19(2)14-16-26-22-13-12-21(25-8)17-20(22)18-28-23(3,4)5/h12-13,17,19H,9-11,14-16,18H2,1-8H3. The number of hydrogen-bond donors (Lipinski definition) is 0. The minimum absolute atomic E-state index is 0.00626. The lowest BCUT2D eigenvalue weighted by Gasteiger charge is -2.25. The second-order valence-electron chi connectivity index (χ2n) is 9.20. The molecule has 0 heterocycles. The van der Waals surface area contributed by atoms with Gasteiger partial charge in [-0.1, -0.05) is 40.5 Å². The van der Waals surface area contributed by atoms with Crippen molar-refractivity contribution in [3.63, 3.8) is 0 Å². The van der Waals surface area contributed by atoms with Crippen LogP contribution in [0.15, 0.2) is 18.2 Å². The lowest BCUT2D eigenvalue weighted by atomic mass is 9.95. The Balaban J connectivity index is 2.48. The van der Waals surface area contributed by atoms with Crippen molar-refractivity contribution in [2.24, 2.45) is 5.92 Å². The number of benzene rings is 1. The number of thioether (sulfide) groups is 1. The van der Waals surface area contributed by atoms with Gasteiger partial charge in [0.15, 0.2) is 0 Å². The van der Waals surface area contributed by atoms with Gasteiger partial charge in [-0.2, -0.15) is 11.8 Å². The summed E-state index contributed by atoms with van der Waals surface area (Å²) in [6, 6.07) is 6.14. The highest BCUT2D eigenvalue weighted by Crippen LogP contribution is 2.33. The van der Waals surface area contributed by atoms with Crippen molar-refractivity contribution in [3.05, 3.63) is 23.8 Å². The van der Waals surface area contributed by atoms with Gasteiger partial charge < -0.3 is 14.2 Å². The normalized spacial score (nSPS) is 13.4. The quantitative estimate of drug-likeness (QED) is 0.346. The maximum atomic E-state index is 6.16. The van der Waals surface area contributed by atoms with Gasteiger partial charge in [0.1, 0.15) is 11.5 Å². The summed E-state index contributed by atoms with van der Waals surface area (Å²) in [5, 5.41) is 0. The van der Waals surface area contributed by atoms with Crippen molar-refractivity contribution in [1.82, 2.24) is 0 Å². The smallest absolute Gasteiger partial charge is 0.123 e. The molecule has 0 aliphatic heterocycles. The Morgan fingerprint density at radius 1 is 1.07 bits per heavy atom. The van der Waals surface area contributed by atoms with Crippen LogP contribution < -0.4 is 9.47 Å². The molecule has 3 nitrogen and oxygen atoms in total. The first-order valence-corrected chi connectivity index (χ1v) is 11.6. The van der Waals surface area contributed by atoms with E-state index in [1.807, 2.05) is 23.9 Å². The molecule has 0 radical (unpaired) electrons. The second-order valence-corrected chi connectivity index (χ2v) is 11.0. The molecule has 1 aromatic rings. The van der Waals surface area contributed by atoms with Gasteiger partial charge in [-0.25, -0.2) is 0 Å². The SMILES string of the molecule is CCOC(C)(C)CCCC(C)CCOc1ccc(OC)cc1CSC(C)(C)C. The van der Waals surface area contributed by atoms with E-state index in [4.69, 9.17) is 14.2 Å². The first kappa shape index (κ1) is 25.2. The third kappa shape index (κ3) is 10.6. The highest BCUT2D eigenvalue weighted by molar-refractivity contribution is 7.99. The van der Waals surface area contributed by atoms with Crippen LogP contribution in [0.2, 0.25) is 0 Å². The number of hydrogen-bond acceptors (Lipinski definition) is 4. The van der Waals surface area contributed by atoms with Gasteiger partial charge in [0.05, 0.1) is 19.3 Å². The maximum Gasteiger partial charge on any atom is 0.123 e. The van der Waals surface area contributed by atoms with Crippen molar-refractivity contribution >= 4 is 11.8 Å². The van der Waals surface area contributed by atoms with Crippen LogP contribution in [-0.4, -0.2) is 30.7 Å². The summed E-state index contributed by atoms with van der Waals surface area (Å²) in [4.78, 5) is 0. The van der Waals surface area contributed by atoms with E-state index in [9.17, 15) is 0 Å². The van der Waals surface area contributed by atoms with Crippen LogP contribution in [0.1, 0.15) is 79.7 Å². The van der Waals surface area contributed by atoms with E-state index in [2.05, 4.69) is 54.5 Å². The summed E-state index contributed by atoms with van der Waals surface area (Å²) in [7, 11) is 1.71. The van der Waals surface area contributed by atoms with Crippen LogP contribution in [0.5, 0.6) is 11.5 Å². The molecule has 0 bridgehead atoms. The Labute approximate surface area is 177 Å². The number of rotatable bonds is 13. The average molecular weight is 411 g/mol. The fourth-order valence-corrected chi connectivity index (χ4v) is 3.90. The zero-order chi connectivity index (χ0) is 21.2. The molecule has 0 aliphatic carbocycles. The van der Waals surface area contributed by atoms with Gasteiger partial charge in [0.25, 0.3) is 0 Å². The van der Waals surface area contributed by atoms with Gasteiger partial charge >= 0.3 is 0 Å². The molecule has 0 saturated carbocycles. The molecule has 0 saturated heterocycles. The van der Waals surface area contributed by atoms with Crippen LogP contribution in [0, 0.1) is 5.92 Å². The van der Waals surface area contributed by atoms with E-state index in [1.54, 1.807) is 7.11 Å². The van der Waals surface area contributed by atoms with Gasteiger partial charge in [0, 0.05) is 22.7 Å². The molecule has 0 aromatic heterocycles. The Bertz CT molecular complexity index is 563. The van der Waals surface area contributed by atoms with Crippen molar-refractivity contribution in [2.45, 2.75) is 90.3 Å². The van der Waals surface area contributed by atoms with E-state index >= 15 is 0 Å². The van der Waals surface area contributed by atoms with Crippen molar-refractivity contribution in [3.8, 4) is 11.5 Å². The monoisotopic (exact) mass is 410 g/mol. The zero-order valence-corrected chi connectivity index (χ0v) is 20.2. The van der Waals surface area contributed by atoms with E-state index in [0.717, 1.165) is 43.3 Å². The molecule has 1 rings (SSSR count). The molecule has 4 heteroatoms. The molecule has 1 atom stereocenters. The van der Waals surface area contributed by atoms with Gasteiger partial charge in [-0.05, 0) is 57.7 Å². The fourth-order valence-electron chi connectivity index (χ4n) is 3.08. The largest absolute Gasteiger partial charge is 0.497 e. The summed E-state index contributed by atoms with van der Waals surface area (Å²) < 4.78 is 17.6. The van der Waals surface area contributed by atoms with Crippen LogP contribution in [0.25, 0.3) is 0 Å². The molecular weight excluding hydrogens is 368 g/mol. The molecule has 0 spiro atoms. The number of methoxy groups -OCH3 is 1. The van der Waals surface area contributed by atoms with Gasteiger partial charge in [-0.3, -0.25) is 0 Å². The third-order valence-corrected chi connectivity index (χ3v) is 6.13. The molecular formula is C24H42O3S. The second kappa shape index (κ2) is 12.0. The van der Waals surface area contributed by atoms with Crippen molar-refractivity contribution in [2.75, 3.05) is 20.3 Å². The summed E-state index contributed by atoms with van der Waals surface area (Å²) >= 11 is 1.93. The Hall–Kier alpha value is -0.870. The lowest BCUT2D eigenvalue weighted by molar-refractivity contribution is -0.0183. The summed E-state index contributed by atoms with van der Waals surface area (Å²) in [5.41, 5.74) is 1.21. The van der Waals surface area contributed by atoms with Crippen LogP contribution >= 0.6 is 11.8 Å². The van der Waals surface area contributed by atoms with Crippen LogP contribution in [0.3, 0.4) is 0 Å². The van der Waals surface area contributed by atoms with E-state index in [1.165, 1.54) is 18.4 Å². The predicted molar refractivity (Wildman–Crippen MR) is 123 cm³/mol. The minimum atomic E-state index is -0.00626. The molecule has 28 heavy (non-hydrogen) atoms. The maximum absolute atomic E-state index is 6.16. The third-order valence-electron chi connectivity index (χ3n) is 4.81. The molecule has 1 unspecified atom stereocenters. The lowest BCUT2D eigenvalue weighted by Crippen LogP contribution is -2.24. The first-order valence-electron chi connectivity index (χ1n) is 10.6. The van der Waals surface area contributed by atoms with Gasteiger partial charge in [0.2, 0.25) is 0 Å². The molecule has 0 N–H and O–H groups in total. The van der Waals surface area contributed by atoms with Gasteiger partial charge in [-0.15, -0.1) is 0 Å². The molecule has 0 fully saturated rings. The average Bonchev–Trinajstić information content (AvgIpc) is 2.59. The Morgan fingerprint density at radius 3 is 2.39 bits per heavy atom. The summed E-state index contributed by atoms with van der Waals surface area (Å²) in [6.07, 6.45) is 4.60. The van der Waals surface area contributed by atoms with E-state index < -0.39 is 0 Å². The molecule has 1 aromatic carbocycles. The molecule has 0 amide bonds. The summed E-state index contributed by atoms with van der Waals surface area (Å²) in [6.45, 7) is 17.0. The highest BCUT2D eigenvalue weighted by Gasteiger charge is 2.18. The minimum Gasteiger partial charge on any atom is -0.497 e. The predicted octanol–water partition coefficient (Wildman–Crippen LogP) is 7.12. The Morgan fingerprint density at radius 2 is 1.79 bits per heavy atom. The van der Waals surface area contributed by atoms with E-state index in [0.29, 0.717) is 5.92 Å². The Kier molecular flexibility index (Phi) is 10.8. The summed E-state index contributed by atoms with van der Waals surface area (Å²) in [5.74, 6) is 3.46. The van der Waals surface area contributed by atoms with Crippen LogP contribution in [-0.2, 0) is 10.5 Å². The van der Waals surface area contributed by atoms with Crippen LogP contribution in [0.4, 0.5) is 0 Å². The molecule has 0 aliphatic rings. The number of ether oxygens (including phenoxy) is 3. The topological polar surface area (TPSA) is 27.7 Å². The molecule has 162 valence electrons. The highest BCUT2D eigenvalue weighted by atomic mass is 32.2. The van der Waals surface area contributed by atoms with Crippen molar-refractivity contribution in [1.29, 1.82) is 0 Å². The zero-order valence-electron chi connectivity index (χ0n) is 19.4. The van der Waals surface area contributed by atoms with E-state index in [-0.39, 0.29) is 10.3 Å².